The Kier molecular flexibility index (Phi) is 2.90. The number of hydrazine groups is 1. The number of anilines is 2. The number of hydrogen-bond donors (Lipinski definition) is 3. The first-order valence-electron chi connectivity index (χ1n) is 4.51. The van der Waals surface area contributed by atoms with Crippen molar-refractivity contribution in [2.45, 2.75) is 33.2 Å². The number of nitrogens with zero attached hydrogens (tertiary/aromatic N) is 2. The molecule has 5 heteroatoms. The van der Waals surface area contributed by atoms with Gasteiger partial charge in [-0.05, 0) is 27.7 Å². The summed E-state index contributed by atoms with van der Waals surface area (Å²) in [5, 5.41) is 3.25. The van der Waals surface area contributed by atoms with Crippen molar-refractivity contribution in [2.24, 2.45) is 5.84 Å². The van der Waals surface area contributed by atoms with Gasteiger partial charge in [0.2, 0.25) is 5.95 Å². The predicted octanol–water partition coefficient (Wildman–Crippen LogP) is 1.28. The monoisotopic (exact) mass is 195 g/mol. The van der Waals surface area contributed by atoms with Crippen LogP contribution in [0.3, 0.4) is 0 Å². The molecule has 0 aliphatic carbocycles. The van der Waals surface area contributed by atoms with E-state index in [2.05, 4.69) is 41.5 Å². The van der Waals surface area contributed by atoms with Crippen LogP contribution in [0, 0.1) is 6.92 Å². The number of hydrogen-bond acceptors (Lipinski definition) is 5. The molecule has 0 radical (unpaired) electrons. The lowest BCUT2D eigenvalue weighted by molar-refractivity contribution is 0.630. The van der Waals surface area contributed by atoms with E-state index in [0.717, 1.165) is 11.5 Å². The largest absolute Gasteiger partial charge is 0.365 e. The Bertz CT molecular complexity index is 315. The molecule has 0 saturated carbocycles. The number of nitrogens with two attached hydrogens (primary N) is 1. The maximum Gasteiger partial charge on any atom is 0.239 e. The molecule has 78 valence electrons. The van der Waals surface area contributed by atoms with Crippen LogP contribution in [0.5, 0.6) is 0 Å². The predicted molar refractivity (Wildman–Crippen MR) is 58.0 cm³/mol. The maximum atomic E-state index is 5.25. The van der Waals surface area contributed by atoms with Crippen molar-refractivity contribution in [3.8, 4) is 0 Å². The van der Waals surface area contributed by atoms with E-state index in [1.54, 1.807) is 0 Å². The molecule has 0 aliphatic heterocycles. The summed E-state index contributed by atoms with van der Waals surface area (Å²) in [6.07, 6.45) is 0. The lowest BCUT2D eigenvalue weighted by Crippen LogP contribution is -2.27. The zero-order valence-corrected chi connectivity index (χ0v) is 9.05. The first-order valence-corrected chi connectivity index (χ1v) is 4.51. The van der Waals surface area contributed by atoms with Gasteiger partial charge in [-0.15, -0.1) is 0 Å². The van der Waals surface area contributed by atoms with Crippen LogP contribution < -0.4 is 16.6 Å². The fourth-order valence-electron chi connectivity index (χ4n) is 1.08. The minimum absolute atomic E-state index is 0.0212. The summed E-state index contributed by atoms with van der Waals surface area (Å²) in [5.74, 6) is 6.45. The van der Waals surface area contributed by atoms with Gasteiger partial charge in [0.05, 0.1) is 0 Å². The molecular formula is C9H17N5. The van der Waals surface area contributed by atoms with Gasteiger partial charge in [0.1, 0.15) is 5.82 Å². The number of aromatic nitrogens is 2. The highest BCUT2D eigenvalue weighted by atomic mass is 15.3. The fourth-order valence-corrected chi connectivity index (χ4v) is 1.08. The number of nitrogen functional groups attached to an aromatic ring is 1. The van der Waals surface area contributed by atoms with Crippen molar-refractivity contribution in [2.75, 3.05) is 10.7 Å². The van der Waals surface area contributed by atoms with Gasteiger partial charge >= 0.3 is 0 Å². The Morgan fingerprint density at radius 3 is 2.43 bits per heavy atom. The van der Waals surface area contributed by atoms with Gasteiger partial charge in [-0.25, -0.2) is 10.8 Å². The SMILES string of the molecule is Cc1cc(NC(C)(C)C)nc(NN)n1. The third-order valence-electron chi connectivity index (χ3n) is 1.49. The molecule has 0 bridgehead atoms. The highest BCUT2D eigenvalue weighted by Crippen LogP contribution is 2.14. The number of nitrogens with one attached hydrogen (secondary N) is 2. The van der Waals surface area contributed by atoms with Crippen LogP contribution in [-0.4, -0.2) is 15.5 Å². The van der Waals surface area contributed by atoms with Gasteiger partial charge < -0.3 is 5.32 Å². The van der Waals surface area contributed by atoms with Crippen molar-refractivity contribution in [3.05, 3.63) is 11.8 Å². The van der Waals surface area contributed by atoms with Gasteiger partial charge in [-0.3, -0.25) is 5.43 Å². The smallest absolute Gasteiger partial charge is 0.239 e. The van der Waals surface area contributed by atoms with Crippen LogP contribution >= 0.6 is 0 Å². The van der Waals surface area contributed by atoms with E-state index in [1.807, 2.05) is 13.0 Å². The van der Waals surface area contributed by atoms with Gasteiger partial charge in [0.25, 0.3) is 0 Å². The standard InChI is InChI=1S/C9H17N5/c1-6-5-7(13-9(2,3)4)12-8(11-6)14-10/h5H,10H2,1-4H3,(H2,11,12,13,14). The fraction of sp³-hybridized carbons (Fsp3) is 0.556. The summed E-state index contributed by atoms with van der Waals surface area (Å²) in [6.45, 7) is 8.11. The van der Waals surface area contributed by atoms with Crippen LogP contribution in [-0.2, 0) is 0 Å². The minimum Gasteiger partial charge on any atom is -0.365 e. The topological polar surface area (TPSA) is 75.9 Å². The molecule has 4 N–H and O–H groups in total. The summed E-state index contributed by atoms with van der Waals surface area (Å²) in [7, 11) is 0. The first kappa shape index (κ1) is 10.7. The molecule has 0 unspecified atom stereocenters. The Hall–Kier alpha value is -1.36. The molecule has 1 aromatic rings. The van der Waals surface area contributed by atoms with Crippen LogP contribution in [0.2, 0.25) is 0 Å². The number of rotatable bonds is 2. The first-order chi connectivity index (χ1) is 6.40. The summed E-state index contributed by atoms with van der Waals surface area (Å²) >= 11 is 0. The quantitative estimate of drug-likeness (QED) is 0.489. The Labute approximate surface area is 84.1 Å². The summed E-state index contributed by atoms with van der Waals surface area (Å²) < 4.78 is 0. The van der Waals surface area contributed by atoms with Crippen molar-refractivity contribution in [1.82, 2.24) is 9.97 Å². The lowest BCUT2D eigenvalue weighted by atomic mass is 10.1. The summed E-state index contributed by atoms with van der Waals surface area (Å²) in [6, 6.07) is 1.88. The second-order valence-corrected chi connectivity index (χ2v) is 4.24. The highest BCUT2D eigenvalue weighted by molar-refractivity contribution is 5.43. The van der Waals surface area contributed by atoms with E-state index in [0.29, 0.717) is 5.95 Å². The molecule has 0 saturated heterocycles. The molecule has 1 aromatic heterocycles. The zero-order chi connectivity index (χ0) is 10.8. The Morgan fingerprint density at radius 1 is 1.29 bits per heavy atom. The number of aryl methyl sites for hydroxylation is 1. The zero-order valence-electron chi connectivity index (χ0n) is 9.05. The van der Waals surface area contributed by atoms with Crippen LogP contribution in [0.1, 0.15) is 26.5 Å². The van der Waals surface area contributed by atoms with E-state index in [-0.39, 0.29) is 5.54 Å². The maximum absolute atomic E-state index is 5.25. The Morgan fingerprint density at radius 2 is 1.93 bits per heavy atom. The van der Waals surface area contributed by atoms with E-state index >= 15 is 0 Å². The summed E-state index contributed by atoms with van der Waals surface area (Å²) in [5.41, 5.74) is 3.29. The lowest BCUT2D eigenvalue weighted by Gasteiger charge is -2.21. The second kappa shape index (κ2) is 3.79. The molecule has 0 spiro atoms. The van der Waals surface area contributed by atoms with Crippen molar-refractivity contribution in [3.63, 3.8) is 0 Å². The van der Waals surface area contributed by atoms with Gasteiger partial charge in [0, 0.05) is 17.3 Å². The molecule has 0 aromatic carbocycles. The molecule has 0 amide bonds. The normalized spacial score (nSPS) is 11.2. The van der Waals surface area contributed by atoms with E-state index in [9.17, 15) is 0 Å². The van der Waals surface area contributed by atoms with Gasteiger partial charge in [-0.1, -0.05) is 0 Å². The van der Waals surface area contributed by atoms with Crippen LogP contribution in [0.25, 0.3) is 0 Å². The van der Waals surface area contributed by atoms with E-state index < -0.39 is 0 Å². The average Bonchev–Trinajstić information content (AvgIpc) is 1.99. The molecule has 14 heavy (non-hydrogen) atoms. The molecule has 0 aliphatic rings. The molecule has 0 fully saturated rings. The molecule has 0 atom stereocenters. The van der Waals surface area contributed by atoms with Crippen molar-refractivity contribution >= 4 is 11.8 Å². The molecule has 1 rings (SSSR count). The van der Waals surface area contributed by atoms with Crippen molar-refractivity contribution < 1.29 is 0 Å². The summed E-state index contributed by atoms with van der Waals surface area (Å²) in [4.78, 5) is 8.27. The van der Waals surface area contributed by atoms with Crippen LogP contribution in [0.15, 0.2) is 6.07 Å². The highest BCUT2D eigenvalue weighted by Gasteiger charge is 2.11. The second-order valence-electron chi connectivity index (χ2n) is 4.24. The van der Waals surface area contributed by atoms with Crippen LogP contribution in [0.4, 0.5) is 11.8 Å². The Balaban J connectivity index is 2.92. The third-order valence-corrected chi connectivity index (χ3v) is 1.49. The minimum atomic E-state index is -0.0212. The van der Waals surface area contributed by atoms with Crippen molar-refractivity contribution in [1.29, 1.82) is 0 Å². The molecular weight excluding hydrogens is 178 g/mol. The third kappa shape index (κ3) is 3.18. The van der Waals surface area contributed by atoms with Gasteiger partial charge in [-0.2, -0.15) is 4.98 Å². The molecule has 1 heterocycles. The van der Waals surface area contributed by atoms with E-state index in [1.165, 1.54) is 0 Å². The van der Waals surface area contributed by atoms with Gasteiger partial charge in [0.15, 0.2) is 0 Å². The average molecular weight is 195 g/mol. The molecule has 5 nitrogen and oxygen atoms in total. The van der Waals surface area contributed by atoms with E-state index in [4.69, 9.17) is 5.84 Å².